The molecule has 0 spiro atoms. The van der Waals surface area contributed by atoms with Crippen molar-refractivity contribution in [3.63, 3.8) is 0 Å². The molecular weight excluding hydrogens is 446 g/mol. The van der Waals surface area contributed by atoms with Crippen LogP contribution in [0.4, 0.5) is 5.69 Å². The lowest BCUT2D eigenvalue weighted by Crippen LogP contribution is -2.35. The average Bonchev–Trinajstić information content (AvgIpc) is 3.29. The highest BCUT2D eigenvalue weighted by Crippen LogP contribution is 2.34. The molecule has 0 saturated heterocycles. The fourth-order valence-electron chi connectivity index (χ4n) is 5.12. The van der Waals surface area contributed by atoms with E-state index >= 15 is 0 Å². The van der Waals surface area contributed by atoms with Crippen molar-refractivity contribution in [2.75, 3.05) is 19.0 Å². The number of rotatable bonds is 10. The zero-order valence-corrected chi connectivity index (χ0v) is 21.4. The molecule has 2 N–H and O–H groups in total. The molecule has 8 heteroatoms. The highest BCUT2D eigenvalue weighted by molar-refractivity contribution is 8.00. The number of nitrogens with zero attached hydrogens (tertiary/aromatic N) is 3. The molecule has 1 atom stereocenters. The van der Waals surface area contributed by atoms with Crippen LogP contribution >= 0.6 is 11.8 Å². The zero-order valence-electron chi connectivity index (χ0n) is 20.6. The number of aromatic nitrogens is 3. The van der Waals surface area contributed by atoms with Crippen LogP contribution in [0.25, 0.3) is 0 Å². The van der Waals surface area contributed by atoms with Gasteiger partial charge in [0.1, 0.15) is 5.75 Å². The lowest BCUT2D eigenvalue weighted by atomic mass is 9.89. The molecule has 7 nitrogen and oxygen atoms in total. The number of hydrogen-bond acceptors (Lipinski definition) is 6. The van der Waals surface area contributed by atoms with Crippen molar-refractivity contribution in [1.29, 1.82) is 0 Å². The number of carbonyl (C=O) groups is 1. The van der Waals surface area contributed by atoms with Crippen molar-refractivity contribution < 1.29 is 9.53 Å². The smallest absolute Gasteiger partial charge is 0.233 e. The van der Waals surface area contributed by atoms with Crippen LogP contribution in [0, 0.1) is 5.92 Å². The van der Waals surface area contributed by atoms with Gasteiger partial charge in [-0.25, -0.2) is 0 Å². The van der Waals surface area contributed by atoms with Gasteiger partial charge in [0.05, 0.1) is 18.9 Å². The van der Waals surface area contributed by atoms with Gasteiger partial charge in [0.15, 0.2) is 11.0 Å². The second kappa shape index (κ2) is 12.5. The van der Waals surface area contributed by atoms with Crippen molar-refractivity contribution in [3.8, 4) is 5.75 Å². The zero-order chi connectivity index (χ0) is 23.8. The maximum atomic E-state index is 12.8. The third kappa shape index (κ3) is 6.68. The lowest BCUT2D eigenvalue weighted by molar-refractivity contribution is -0.120. The number of nitrogens with one attached hydrogen (secondary N) is 2. The van der Waals surface area contributed by atoms with Crippen molar-refractivity contribution >= 4 is 23.4 Å². The minimum absolute atomic E-state index is 0.102. The first-order valence-electron chi connectivity index (χ1n) is 12.9. The van der Waals surface area contributed by atoms with E-state index in [0.29, 0.717) is 18.5 Å². The topological polar surface area (TPSA) is 81.1 Å². The van der Waals surface area contributed by atoms with Crippen LogP contribution in [0.2, 0.25) is 0 Å². The van der Waals surface area contributed by atoms with E-state index in [2.05, 4.69) is 25.4 Å². The summed E-state index contributed by atoms with van der Waals surface area (Å²) < 4.78 is 7.63. The number of benzene rings is 1. The molecule has 1 amide bonds. The monoisotopic (exact) mass is 485 g/mol. The van der Waals surface area contributed by atoms with E-state index in [0.717, 1.165) is 41.8 Å². The van der Waals surface area contributed by atoms with E-state index in [4.69, 9.17) is 4.74 Å². The molecule has 2 aliphatic carbocycles. The summed E-state index contributed by atoms with van der Waals surface area (Å²) in [7, 11) is 1.68. The molecule has 0 aliphatic heterocycles. The Bertz CT molecular complexity index is 922. The van der Waals surface area contributed by atoms with Gasteiger partial charge in [-0.15, -0.1) is 10.2 Å². The average molecular weight is 486 g/mol. The van der Waals surface area contributed by atoms with E-state index in [1.54, 1.807) is 7.11 Å². The second-order valence-corrected chi connectivity index (χ2v) is 11.0. The van der Waals surface area contributed by atoms with Gasteiger partial charge in [-0.3, -0.25) is 4.79 Å². The third-order valence-corrected chi connectivity index (χ3v) is 8.19. The summed E-state index contributed by atoms with van der Waals surface area (Å²) in [5, 5.41) is 16.4. The molecule has 1 aromatic carbocycles. The minimum Gasteiger partial charge on any atom is -0.497 e. The summed E-state index contributed by atoms with van der Waals surface area (Å²) in [5.41, 5.74) is 0.988. The normalized spacial score (nSPS) is 18.4. The summed E-state index contributed by atoms with van der Waals surface area (Å²) in [6.07, 6.45) is 12.4. The van der Waals surface area contributed by atoms with Crippen molar-refractivity contribution in [2.24, 2.45) is 5.92 Å². The number of ether oxygens (including phenoxy) is 1. The first-order valence-corrected chi connectivity index (χ1v) is 13.8. The Labute approximate surface area is 207 Å². The quantitative estimate of drug-likeness (QED) is 0.428. The molecule has 1 aromatic heterocycles. The number of amides is 1. The van der Waals surface area contributed by atoms with Crippen molar-refractivity contribution in [1.82, 2.24) is 20.1 Å². The van der Waals surface area contributed by atoms with Crippen molar-refractivity contribution in [2.45, 2.75) is 94.1 Å². The molecule has 0 bridgehead atoms. The van der Waals surface area contributed by atoms with Gasteiger partial charge < -0.3 is 19.9 Å². The number of hydrogen-bond donors (Lipinski definition) is 2. The predicted molar refractivity (Wildman–Crippen MR) is 137 cm³/mol. The Morgan fingerprint density at radius 2 is 1.85 bits per heavy atom. The Balaban J connectivity index is 1.42. The standard InChI is InChI=1S/C26H39N5O2S/c1-19(25(32)28-17-20-10-5-3-6-11-20)34-26-30-29-24(31(26)22-13-7-4-8-14-22)18-27-21-12-9-15-23(16-21)33-2/h9,12,15-16,19-20,22,27H,3-8,10-11,13-14,17-18H2,1-2H3,(H,28,32). The highest BCUT2D eigenvalue weighted by atomic mass is 32.2. The van der Waals surface area contributed by atoms with Gasteiger partial charge in [-0.1, -0.05) is 56.4 Å². The Hall–Kier alpha value is -2.22. The Morgan fingerprint density at radius 3 is 2.59 bits per heavy atom. The van der Waals surface area contributed by atoms with Gasteiger partial charge in [-0.2, -0.15) is 0 Å². The minimum atomic E-state index is -0.200. The largest absolute Gasteiger partial charge is 0.497 e. The molecule has 0 radical (unpaired) electrons. The molecule has 4 rings (SSSR count). The van der Waals surface area contributed by atoms with E-state index in [9.17, 15) is 4.79 Å². The van der Waals surface area contributed by atoms with Gasteiger partial charge in [0.2, 0.25) is 5.91 Å². The number of methoxy groups -OCH3 is 1. The first-order chi connectivity index (χ1) is 16.6. The summed E-state index contributed by atoms with van der Waals surface area (Å²) in [5.74, 6) is 2.48. The van der Waals surface area contributed by atoms with Gasteiger partial charge >= 0.3 is 0 Å². The maximum Gasteiger partial charge on any atom is 0.233 e. The molecule has 1 heterocycles. The van der Waals surface area contributed by atoms with Crippen molar-refractivity contribution in [3.05, 3.63) is 30.1 Å². The molecule has 186 valence electrons. The fraction of sp³-hybridized carbons (Fsp3) is 0.654. The van der Waals surface area contributed by atoms with E-state index < -0.39 is 0 Å². The van der Waals surface area contributed by atoms with E-state index in [1.807, 2.05) is 31.2 Å². The maximum absolute atomic E-state index is 12.8. The van der Waals surface area contributed by atoms with Gasteiger partial charge in [0, 0.05) is 24.3 Å². The predicted octanol–water partition coefficient (Wildman–Crippen LogP) is 5.58. The molecular formula is C26H39N5O2S. The molecule has 2 aromatic rings. The summed E-state index contributed by atoms with van der Waals surface area (Å²) in [4.78, 5) is 12.8. The Morgan fingerprint density at radius 1 is 1.12 bits per heavy atom. The molecule has 34 heavy (non-hydrogen) atoms. The summed E-state index contributed by atoms with van der Waals surface area (Å²) in [6, 6.07) is 8.31. The van der Waals surface area contributed by atoms with Crippen LogP contribution in [0.3, 0.4) is 0 Å². The molecule has 1 unspecified atom stereocenters. The molecule has 2 saturated carbocycles. The van der Waals surface area contributed by atoms with Crippen LogP contribution < -0.4 is 15.4 Å². The molecule has 2 fully saturated rings. The lowest BCUT2D eigenvalue weighted by Gasteiger charge is -2.26. The van der Waals surface area contributed by atoms with E-state index in [-0.39, 0.29) is 11.2 Å². The van der Waals surface area contributed by atoms with E-state index in [1.165, 1.54) is 63.1 Å². The van der Waals surface area contributed by atoms with Crippen LogP contribution in [0.5, 0.6) is 5.75 Å². The fourth-order valence-corrected chi connectivity index (χ4v) is 6.08. The molecule has 2 aliphatic rings. The number of thioether (sulfide) groups is 1. The highest BCUT2D eigenvalue weighted by Gasteiger charge is 2.26. The number of anilines is 1. The Kier molecular flexibility index (Phi) is 9.13. The van der Waals surface area contributed by atoms with Gasteiger partial charge in [-0.05, 0) is 50.7 Å². The summed E-state index contributed by atoms with van der Waals surface area (Å²) >= 11 is 1.54. The summed E-state index contributed by atoms with van der Waals surface area (Å²) in [6.45, 7) is 3.36. The van der Waals surface area contributed by atoms with Gasteiger partial charge in [0.25, 0.3) is 0 Å². The second-order valence-electron chi connectivity index (χ2n) is 9.66. The van der Waals surface area contributed by atoms with Crippen LogP contribution in [-0.4, -0.2) is 39.6 Å². The van der Waals surface area contributed by atoms with Crippen LogP contribution in [0.15, 0.2) is 29.4 Å². The van der Waals surface area contributed by atoms with Crippen LogP contribution in [-0.2, 0) is 11.3 Å². The SMILES string of the molecule is COc1cccc(NCc2nnc(SC(C)C(=O)NCC3CCCCC3)n2C2CCCCC2)c1. The first kappa shape index (κ1) is 24.9. The number of carbonyl (C=O) groups excluding carboxylic acids is 1. The third-order valence-electron chi connectivity index (χ3n) is 7.14. The van der Waals surface area contributed by atoms with Crippen LogP contribution in [0.1, 0.15) is 83.0 Å².